The van der Waals surface area contributed by atoms with Crippen LogP contribution in [0.3, 0.4) is 0 Å². The molecule has 26 heavy (non-hydrogen) atoms. The molecule has 0 fully saturated rings. The summed E-state index contributed by atoms with van der Waals surface area (Å²) in [6.07, 6.45) is 16.5. The minimum absolute atomic E-state index is 0.328. The number of Topliss-reactive ketones (excluding diaryl/α,β-unsaturated/α-hetero) is 1. The largest absolute Gasteiger partial charge is 0.299 e. The number of carbonyl (C=O) groups excluding carboxylic acids is 2. The fraction of sp³-hybridized carbons (Fsp3) is 0.583. The van der Waals surface area contributed by atoms with Crippen LogP contribution in [0.25, 0.3) is 0 Å². The molecule has 0 aromatic carbocycles. The van der Waals surface area contributed by atoms with Crippen LogP contribution in [0.15, 0.2) is 47.6 Å². The molecule has 1 aliphatic rings. The molecule has 0 saturated heterocycles. The summed E-state index contributed by atoms with van der Waals surface area (Å²) >= 11 is 0. The molecule has 0 aromatic rings. The molecular formula is C24H38O2. The van der Waals surface area contributed by atoms with Crippen LogP contribution in [0.4, 0.5) is 0 Å². The number of hydrogen-bond donors (Lipinski definition) is 0. The molecule has 1 aliphatic carbocycles. The molecular weight excluding hydrogens is 320 g/mol. The van der Waals surface area contributed by atoms with Crippen molar-refractivity contribution < 1.29 is 9.59 Å². The molecule has 0 saturated carbocycles. The topological polar surface area (TPSA) is 34.1 Å². The SMILES string of the molecule is C=CCCC(=O)C1=CCCC(C)(CC)C1.CC(C)=CCCC(C)=CC=O. The van der Waals surface area contributed by atoms with E-state index in [2.05, 4.69) is 46.4 Å². The van der Waals surface area contributed by atoms with Crippen LogP contribution in [-0.2, 0) is 9.59 Å². The standard InChI is InChI=1S/C14H22O.C10H16O/c1-4-6-9-13(15)12-8-7-10-14(3,5-2)11-12;1-9(2)5-4-6-10(3)7-8-11/h4,8H,1,5-7,9-11H2,2-3H3;5,7-8H,4,6H2,1-3H3. The Kier molecular flexibility index (Phi) is 12.6. The summed E-state index contributed by atoms with van der Waals surface area (Å²) in [7, 11) is 0. The summed E-state index contributed by atoms with van der Waals surface area (Å²) in [5.41, 5.74) is 3.90. The van der Waals surface area contributed by atoms with Gasteiger partial charge in [-0.1, -0.05) is 49.6 Å². The number of ketones is 1. The first kappa shape index (κ1) is 24.3. The Bertz CT molecular complexity index is 545. The van der Waals surface area contributed by atoms with Crippen molar-refractivity contribution in [3.63, 3.8) is 0 Å². The lowest BCUT2D eigenvalue weighted by Crippen LogP contribution is -2.22. The fourth-order valence-electron chi connectivity index (χ4n) is 2.91. The second-order valence-electron chi connectivity index (χ2n) is 7.83. The maximum absolute atomic E-state index is 11.8. The van der Waals surface area contributed by atoms with Crippen molar-refractivity contribution >= 4 is 12.1 Å². The zero-order valence-corrected chi connectivity index (χ0v) is 17.6. The molecule has 0 radical (unpaired) electrons. The second-order valence-corrected chi connectivity index (χ2v) is 7.83. The first-order valence-corrected chi connectivity index (χ1v) is 9.85. The summed E-state index contributed by atoms with van der Waals surface area (Å²) in [6, 6.07) is 0. The van der Waals surface area contributed by atoms with Gasteiger partial charge in [-0.3, -0.25) is 9.59 Å². The smallest absolute Gasteiger partial charge is 0.158 e. The second kappa shape index (κ2) is 13.5. The maximum Gasteiger partial charge on any atom is 0.158 e. The van der Waals surface area contributed by atoms with Gasteiger partial charge in [0.25, 0.3) is 0 Å². The Labute approximate surface area is 161 Å². The molecule has 1 unspecified atom stereocenters. The molecule has 2 heteroatoms. The van der Waals surface area contributed by atoms with Crippen LogP contribution >= 0.6 is 0 Å². The van der Waals surface area contributed by atoms with Crippen molar-refractivity contribution in [1.82, 2.24) is 0 Å². The van der Waals surface area contributed by atoms with E-state index in [1.807, 2.05) is 13.0 Å². The van der Waals surface area contributed by atoms with Crippen LogP contribution < -0.4 is 0 Å². The van der Waals surface area contributed by atoms with Crippen LogP contribution in [0.5, 0.6) is 0 Å². The van der Waals surface area contributed by atoms with E-state index in [9.17, 15) is 9.59 Å². The van der Waals surface area contributed by atoms with Crippen molar-refractivity contribution in [2.45, 2.75) is 86.0 Å². The molecule has 0 bridgehead atoms. The van der Waals surface area contributed by atoms with Gasteiger partial charge in [-0.2, -0.15) is 0 Å². The lowest BCUT2D eigenvalue weighted by molar-refractivity contribution is -0.116. The van der Waals surface area contributed by atoms with Crippen LogP contribution in [-0.4, -0.2) is 12.1 Å². The van der Waals surface area contributed by atoms with E-state index < -0.39 is 0 Å². The number of rotatable bonds is 9. The first-order chi connectivity index (χ1) is 12.3. The Morgan fingerprint density at radius 1 is 1.23 bits per heavy atom. The summed E-state index contributed by atoms with van der Waals surface area (Å²) in [5.74, 6) is 0.328. The van der Waals surface area contributed by atoms with Gasteiger partial charge < -0.3 is 0 Å². The fourth-order valence-corrected chi connectivity index (χ4v) is 2.91. The van der Waals surface area contributed by atoms with E-state index in [1.54, 1.807) is 6.08 Å². The lowest BCUT2D eigenvalue weighted by Gasteiger charge is -2.32. The van der Waals surface area contributed by atoms with E-state index >= 15 is 0 Å². The van der Waals surface area contributed by atoms with Gasteiger partial charge in [0.05, 0.1) is 0 Å². The number of allylic oxidation sites excluding steroid dienone is 7. The molecule has 146 valence electrons. The highest BCUT2D eigenvalue weighted by Crippen LogP contribution is 2.39. The Hall–Kier alpha value is -1.70. The minimum atomic E-state index is 0.328. The Morgan fingerprint density at radius 2 is 1.92 bits per heavy atom. The average molecular weight is 359 g/mol. The number of carbonyl (C=O) groups is 2. The Balaban J connectivity index is 0.000000508. The third-order valence-electron chi connectivity index (χ3n) is 4.99. The van der Waals surface area contributed by atoms with Crippen molar-refractivity contribution in [2.75, 3.05) is 0 Å². The zero-order valence-electron chi connectivity index (χ0n) is 17.6. The molecule has 0 aromatic heterocycles. The quantitative estimate of drug-likeness (QED) is 0.254. The van der Waals surface area contributed by atoms with Gasteiger partial charge in [0, 0.05) is 6.42 Å². The van der Waals surface area contributed by atoms with E-state index in [0.717, 1.165) is 49.5 Å². The van der Waals surface area contributed by atoms with Gasteiger partial charge in [0.2, 0.25) is 0 Å². The summed E-state index contributed by atoms with van der Waals surface area (Å²) < 4.78 is 0. The number of hydrogen-bond acceptors (Lipinski definition) is 2. The van der Waals surface area contributed by atoms with Crippen LogP contribution in [0, 0.1) is 5.41 Å². The third-order valence-corrected chi connectivity index (χ3v) is 4.99. The predicted molar refractivity (Wildman–Crippen MR) is 113 cm³/mol. The Morgan fingerprint density at radius 3 is 2.46 bits per heavy atom. The van der Waals surface area contributed by atoms with Crippen molar-refractivity contribution in [3.05, 3.63) is 47.6 Å². The van der Waals surface area contributed by atoms with Crippen LogP contribution in [0.1, 0.15) is 86.0 Å². The van der Waals surface area contributed by atoms with Crippen molar-refractivity contribution in [2.24, 2.45) is 5.41 Å². The molecule has 0 aliphatic heterocycles. The molecule has 0 amide bonds. The monoisotopic (exact) mass is 358 g/mol. The predicted octanol–water partition coefficient (Wildman–Crippen LogP) is 6.93. The first-order valence-electron chi connectivity index (χ1n) is 9.85. The van der Waals surface area contributed by atoms with Crippen molar-refractivity contribution in [1.29, 1.82) is 0 Å². The average Bonchev–Trinajstić information content (AvgIpc) is 2.60. The maximum atomic E-state index is 11.8. The lowest BCUT2D eigenvalue weighted by atomic mass is 9.73. The third kappa shape index (κ3) is 11.0. The molecule has 1 rings (SSSR count). The molecule has 0 spiro atoms. The van der Waals surface area contributed by atoms with E-state index in [4.69, 9.17) is 0 Å². The van der Waals surface area contributed by atoms with Gasteiger partial charge in [0.15, 0.2) is 5.78 Å². The van der Waals surface area contributed by atoms with E-state index in [1.165, 1.54) is 18.4 Å². The van der Waals surface area contributed by atoms with E-state index in [0.29, 0.717) is 17.6 Å². The summed E-state index contributed by atoms with van der Waals surface area (Å²) in [5, 5.41) is 0. The minimum Gasteiger partial charge on any atom is -0.299 e. The summed E-state index contributed by atoms with van der Waals surface area (Å²) in [4.78, 5) is 21.9. The number of aldehydes is 1. The highest BCUT2D eigenvalue weighted by Gasteiger charge is 2.28. The molecule has 2 nitrogen and oxygen atoms in total. The van der Waals surface area contributed by atoms with Gasteiger partial charge in [-0.15, -0.1) is 6.58 Å². The highest BCUT2D eigenvalue weighted by atomic mass is 16.1. The van der Waals surface area contributed by atoms with Crippen molar-refractivity contribution in [3.8, 4) is 0 Å². The van der Waals surface area contributed by atoms with Crippen LogP contribution in [0.2, 0.25) is 0 Å². The zero-order chi connectivity index (χ0) is 20.0. The van der Waals surface area contributed by atoms with Gasteiger partial charge >= 0.3 is 0 Å². The summed E-state index contributed by atoms with van der Waals surface area (Å²) in [6.45, 7) is 14.3. The van der Waals surface area contributed by atoms with Gasteiger partial charge in [-0.05, 0) is 76.4 Å². The molecule has 1 atom stereocenters. The van der Waals surface area contributed by atoms with Gasteiger partial charge in [-0.25, -0.2) is 0 Å². The molecule has 0 N–H and O–H groups in total. The molecule has 0 heterocycles. The van der Waals surface area contributed by atoms with Gasteiger partial charge in [0.1, 0.15) is 6.29 Å². The highest BCUT2D eigenvalue weighted by molar-refractivity contribution is 5.95. The van der Waals surface area contributed by atoms with E-state index in [-0.39, 0.29) is 0 Å². The normalized spacial score (nSPS) is 19.6.